The number of aromatic carboxylic acids is 1. The van der Waals surface area contributed by atoms with Gasteiger partial charge in [-0.05, 0) is 34.4 Å². The van der Waals surface area contributed by atoms with E-state index in [2.05, 4.69) is 27.4 Å². The molecule has 1 aliphatic carbocycles. The molecule has 0 unspecified atom stereocenters. The third kappa shape index (κ3) is 3.36. The van der Waals surface area contributed by atoms with E-state index in [0.717, 1.165) is 22.3 Å². The van der Waals surface area contributed by atoms with Crippen molar-refractivity contribution < 1.29 is 19.4 Å². The average Bonchev–Trinajstić information content (AvgIpc) is 3.11. The molecule has 0 radical (unpaired) electrons. The first-order valence-corrected chi connectivity index (χ1v) is 9.74. The summed E-state index contributed by atoms with van der Waals surface area (Å²) < 4.78 is 5.48. The fourth-order valence-electron chi connectivity index (χ4n) is 3.97. The van der Waals surface area contributed by atoms with E-state index in [0.29, 0.717) is 11.0 Å². The lowest BCUT2D eigenvalue weighted by molar-refractivity contribution is 0.0692. The fourth-order valence-corrected chi connectivity index (χ4v) is 3.97. The van der Waals surface area contributed by atoms with E-state index >= 15 is 0 Å². The highest BCUT2D eigenvalue weighted by Gasteiger charge is 2.29. The molecule has 1 aromatic heterocycles. The van der Waals surface area contributed by atoms with Crippen molar-refractivity contribution in [1.29, 1.82) is 0 Å². The number of carbonyl (C=O) groups is 2. The van der Waals surface area contributed by atoms with Crippen LogP contribution in [0.15, 0.2) is 72.8 Å². The molecule has 7 heteroatoms. The van der Waals surface area contributed by atoms with Gasteiger partial charge < -0.3 is 9.84 Å². The number of nitrogens with zero attached hydrogens (tertiary/aromatic N) is 2. The van der Waals surface area contributed by atoms with Crippen LogP contribution in [0.2, 0.25) is 0 Å². The lowest BCUT2D eigenvalue weighted by atomic mass is 9.98. The highest BCUT2D eigenvalue weighted by molar-refractivity contribution is 5.98. The lowest BCUT2D eigenvalue weighted by Crippen LogP contribution is -2.20. The first kappa shape index (κ1) is 18.7. The number of para-hydroxylation sites is 2. The molecular formula is C24H17N3O4. The third-order valence-electron chi connectivity index (χ3n) is 5.34. The molecule has 5 rings (SSSR count). The molecule has 0 saturated carbocycles. The number of amides is 1. The Bertz CT molecular complexity index is 1290. The number of carboxylic acid groups (broad SMARTS) is 1. The normalized spacial score (nSPS) is 12.3. The molecule has 1 amide bonds. The Morgan fingerprint density at radius 2 is 1.39 bits per heavy atom. The van der Waals surface area contributed by atoms with Crippen LogP contribution in [0.4, 0.5) is 10.6 Å². The molecule has 1 aliphatic rings. The van der Waals surface area contributed by atoms with Crippen molar-refractivity contribution in [2.24, 2.45) is 0 Å². The second-order valence-corrected chi connectivity index (χ2v) is 7.17. The van der Waals surface area contributed by atoms with Gasteiger partial charge in [-0.3, -0.25) is 5.32 Å². The summed E-state index contributed by atoms with van der Waals surface area (Å²) in [6.45, 7) is 0.114. The molecule has 152 valence electrons. The Labute approximate surface area is 177 Å². The van der Waals surface area contributed by atoms with E-state index in [1.54, 1.807) is 24.3 Å². The van der Waals surface area contributed by atoms with Crippen LogP contribution in [0, 0.1) is 0 Å². The van der Waals surface area contributed by atoms with Crippen LogP contribution in [0.3, 0.4) is 0 Å². The van der Waals surface area contributed by atoms with E-state index in [9.17, 15) is 14.7 Å². The largest absolute Gasteiger partial charge is 0.476 e. The zero-order valence-electron chi connectivity index (χ0n) is 16.3. The second-order valence-electron chi connectivity index (χ2n) is 7.17. The summed E-state index contributed by atoms with van der Waals surface area (Å²) in [6, 6.07) is 22.9. The van der Waals surface area contributed by atoms with Crippen LogP contribution in [-0.4, -0.2) is 33.7 Å². The maximum atomic E-state index is 12.5. The van der Waals surface area contributed by atoms with Gasteiger partial charge in [0.15, 0.2) is 11.5 Å². The van der Waals surface area contributed by atoms with Gasteiger partial charge in [0.1, 0.15) is 6.61 Å². The number of nitrogens with one attached hydrogen (secondary N) is 1. The molecule has 31 heavy (non-hydrogen) atoms. The number of hydrogen-bond acceptors (Lipinski definition) is 5. The van der Waals surface area contributed by atoms with Crippen LogP contribution in [0.5, 0.6) is 0 Å². The lowest BCUT2D eigenvalue weighted by Gasteiger charge is -2.15. The predicted octanol–water partition coefficient (Wildman–Crippen LogP) is 4.69. The van der Waals surface area contributed by atoms with Crippen molar-refractivity contribution >= 4 is 28.9 Å². The van der Waals surface area contributed by atoms with E-state index < -0.39 is 12.1 Å². The number of anilines is 1. The quantitative estimate of drug-likeness (QED) is 0.505. The van der Waals surface area contributed by atoms with Gasteiger partial charge in [-0.2, -0.15) is 0 Å². The van der Waals surface area contributed by atoms with Gasteiger partial charge in [0.2, 0.25) is 0 Å². The molecule has 2 N–H and O–H groups in total. The number of benzene rings is 3. The van der Waals surface area contributed by atoms with E-state index in [1.807, 2.05) is 36.4 Å². The number of rotatable bonds is 4. The van der Waals surface area contributed by atoms with Crippen LogP contribution >= 0.6 is 0 Å². The summed E-state index contributed by atoms with van der Waals surface area (Å²) in [5.41, 5.74) is 4.99. The summed E-state index contributed by atoms with van der Waals surface area (Å²) in [5, 5.41) is 11.9. The van der Waals surface area contributed by atoms with Crippen molar-refractivity contribution in [3.8, 4) is 11.1 Å². The van der Waals surface area contributed by atoms with Gasteiger partial charge >= 0.3 is 12.1 Å². The number of carbonyl (C=O) groups excluding carboxylic acids is 1. The summed E-state index contributed by atoms with van der Waals surface area (Å²) in [6.07, 6.45) is -0.783. The standard InChI is InChI=1S/C24H17N3O4/c28-23(29)21-22(26-20-12-6-5-11-19(20)25-21)27-24(30)31-13-18-16-9-3-1-7-14(16)15-8-2-4-10-17(15)18/h1-12,18H,13H2,(H,28,29)(H,26,27,30). The minimum atomic E-state index is -1.28. The van der Waals surface area contributed by atoms with E-state index in [1.165, 1.54) is 0 Å². The number of hydrogen-bond donors (Lipinski definition) is 2. The Morgan fingerprint density at radius 3 is 2.00 bits per heavy atom. The Morgan fingerprint density at radius 1 is 0.839 bits per heavy atom. The zero-order chi connectivity index (χ0) is 21.4. The second kappa shape index (κ2) is 7.53. The summed E-state index contributed by atoms with van der Waals surface area (Å²) in [4.78, 5) is 32.4. The minimum absolute atomic E-state index is 0.0974. The Kier molecular flexibility index (Phi) is 4.55. The first-order chi connectivity index (χ1) is 15.1. The van der Waals surface area contributed by atoms with Gasteiger partial charge in [0.25, 0.3) is 0 Å². The average molecular weight is 411 g/mol. The zero-order valence-corrected chi connectivity index (χ0v) is 16.3. The van der Waals surface area contributed by atoms with Crippen molar-refractivity contribution in [3.63, 3.8) is 0 Å². The maximum absolute atomic E-state index is 12.5. The smallest absolute Gasteiger partial charge is 0.412 e. The predicted molar refractivity (Wildman–Crippen MR) is 115 cm³/mol. The Balaban J connectivity index is 1.38. The SMILES string of the molecule is O=C(Nc1nc2ccccc2nc1C(=O)O)OCC1c2ccccc2-c2ccccc21. The highest BCUT2D eigenvalue weighted by Crippen LogP contribution is 2.44. The molecule has 0 fully saturated rings. The van der Waals surface area contributed by atoms with Crippen molar-refractivity contribution in [2.45, 2.75) is 5.92 Å². The molecule has 7 nitrogen and oxygen atoms in total. The molecule has 4 aromatic rings. The van der Waals surface area contributed by atoms with Crippen molar-refractivity contribution in [1.82, 2.24) is 9.97 Å². The van der Waals surface area contributed by atoms with Crippen LogP contribution in [-0.2, 0) is 4.74 Å². The third-order valence-corrected chi connectivity index (χ3v) is 5.34. The van der Waals surface area contributed by atoms with Gasteiger partial charge in [-0.25, -0.2) is 19.6 Å². The van der Waals surface area contributed by atoms with Crippen LogP contribution in [0.25, 0.3) is 22.2 Å². The topological polar surface area (TPSA) is 101 Å². The monoisotopic (exact) mass is 411 g/mol. The molecule has 3 aromatic carbocycles. The van der Waals surface area contributed by atoms with Gasteiger partial charge in [0.05, 0.1) is 11.0 Å². The highest BCUT2D eigenvalue weighted by atomic mass is 16.5. The number of ether oxygens (including phenoxy) is 1. The molecule has 0 aliphatic heterocycles. The number of aromatic nitrogens is 2. The minimum Gasteiger partial charge on any atom is -0.476 e. The van der Waals surface area contributed by atoms with E-state index in [4.69, 9.17) is 4.74 Å². The molecule has 0 spiro atoms. The first-order valence-electron chi connectivity index (χ1n) is 9.74. The molecule has 0 bridgehead atoms. The summed E-state index contributed by atoms with van der Waals surface area (Å²) in [5.74, 6) is -1.53. The van der Waals surface area contributed by atoms with E-state index in [-0.39, 0.29) is 24.0 Å². The van der Waals surface area contributed by atoms with Crippen molar-refractivity contribution in [2.75, 3.05) is 11.9 Å². The fraction of sp³-hybridized carbons (Fsp3) is 0.0833. The van der Waals surface area contributed by atoms with Gasteiger partial charge in [-0.15, -0.1) is 0 Å². The van der Waals surface area contributed by atoms with Gasteiger partial charge in [0, 0.05) is 5.92 Å². The molecule has 0 saturated heterocycles. The van der Waals surface area contributed by atoms with Gasteiger partial charge in [-0.1, -0.05) is 60.7 Å². The molecule has 1 heterocycles. The number of fused-ring (bicyclic) bond motifs is 4. The summed E-state index contributed by atoms with van der Waals surface area (Å²) in [7, 11) is 0. The van der Waals surface area contributed by atoms with Crippen LogP contribution < -0.4 is 5.32 Å². The molecule has 0 atom stereocenters. The number of carboxylic acids is 1. The summed E-state index contributed by atoms with van der Waals surface area (Å²) >= 11 is 0. The Hall–Kier alpha value is -4.26. The van der Waals surface area contributed by atoms with Crippen LogP contribution in [0.1, 0.15) is 27.5 Å². The van der Waals surface area contributed by atoms with Crippen molar-refractivity contribution in [3.05, 3.63) is 89.6 Å². The maximum Gasteiger partial charge on any atom is 0.412 e. The molecular weight excluding hydrogens is 394 g/mol.